The normalized spacial score (nSPS) is 20.0. The first-order chi connectivity index (χ1) is 20.1. The molecule has 42 heavy (non-hydrogen) atoms. The second kappa shape index (κ2) is 11.3. The molecule has 3 aromatic rings. The van der Waals surface area contributed by atoms with E-state index in [0.717, 1.165) is 39.8 Å². The van der Waals surface area contributed by atoms with E-state index in [1.807, 2.05) is 17.5 Å². The van der Waals surface area contributed by atoms with Crippen LogP contribution in [0.25, 0.3) is 12.2 Å². The fraction of sp³-hybridized carbons (Fsp3) is 0.364. The largest absolute Gasteiger partial charge is 0.368 e. The van der Waals surface area contributed by atoms with Crippen LogP contribution in [0.3, 0.4) is 0 Å². The van der Waals surface area contributed by atoms with Crippen LogP contribution in [0.5, 0.6) is 0 Å². The molecule has 3 aliphatic carbocycles. The number of benzene rings is 2. The van der Waals surface area contributed by atoms with Gasteiger partial charge >= 0.3 is 0 Å². The number of carbonyl (C=O) groups is 2. The molecule has 0 spiro atoms. The van der Waals surface area contributed by atoms with Gasteiger partial charge in [-0.25, -0.2) is 4.98 Å². The van der Waals surface area contributed by atoms with E-state index >= 15 is 0 Å². The smallest absolute Gasteiger partial charge is 0.267 e. The van der Waals surface area contributed by atoms with Crippen molar-refractivity contribution in [1.82, 2.24) is 20.9 Å². The lowest BCUT2D eigenvalue weighted by atomic mass is 10.0. The lowest BCUT2D eigenvalue weighted by Gasteiger charge is -2.26. The Kier molecular flexibility index (Phi) is 7.71. The van der Waals surface area contributed by atoms with E-state index in [4.69, 9.17) is 11.6 Å². The lowest BCUT2D eigenvalue weighted by molar-refractivity contribution is -0.141. The minimum atomic E-state index is -1.87. The molecule has 2 amide bonds. The van der Waals surface area contributed by atoms with E-state index in [1.54, 1.807) is 31.3 Å². The van der Waals surface area contributed by atoms with E-state index in [9.17, 15) is 14.7 Å². The monoisotopic (exact) mass is 600 g/mol. The van der Waals surface area contributed by atoms with Gasteiger partial charge in [-0.05, 0) is 97.1 Å². The van der Waals surface area contributed by atoms with Crippen molar-refractivity contribution >= 4 is 46.9 Å². The molecule has 0 bridgehead atoms. The molecule has 3 aliphatic rings. The van der Waals surface area contributed by atoms with Gasteiger partial charge in [0.2, 0.25) is 0 Å². The van der Waals surface area contributed by atoms with Crippen LogP contribution in [0.15, 0.2) is 48.0 Å². The molecule has 1 heterocycles. The van der Waals surface area contributed by atoms with Gasteiger partial charge in [-0.2, -0.15) is 0 Å². The number of aliphatic hydroxyl groups is 1. The van der Waals surface area contributed by atoms with E-state index < -0.39 is 23.2 Å². The van der Waals surface area contributed by atoms with E-state index in [0.29, 0.717) is 22.1 Å². The number of rotatable bonds is 9. The Morgan fingerprint density at radius 1 is 1.24 bits per heavy atom. The minimum absolute atomic E-state index is 0.0739. The highest BCUT2D eigenvalue weighted by Gasteiger charge is 2.46. The van der Waals surface area contributed by atoms with Crippen LogP contribution < -0.4 is 26.4 Å². The molecule has 0 radical (unpaired) electrons. The van der Waals surface area contributed by atoms with Crippen LogP contribution in [-0.2, 0) is 16.9 Å². The van der Waals surface area contributed by atoms with Gasteiger partial charge in [-0.15, -0.1) is 11.3 Å². The van der Waals surface area contributed by atoms with Crippen molar-refractivity contribution in [1.29, 1.82) is 0 Å². The number of fused-ring (bicyclic) bond motifs is 1. The second-order valence-electron chi connectivity index (χ2n) is 11.6. The van der Waals surface area contributed by atoms with E-state index in [1.165, 1.54) is 31.1 Å². The van der Waals surface area contributed by atoms with Crippen molar-refractivity contribution in [2.24, 2.45) is 11.8 Å². The molecule has 2 fully saturated rings. The van der Waals surface area contributed by atoms with Crippen molar-refractivity contribution in [3.63, 3.8) is 0 Å². The van der Waals surface area contributed by atoms with Crippen molar-refractivity contribution < 1.29 is 14.7 Å². The van der Waals surface area contributed by atoms with Crippen molar-refractivity contribution in [3.05, 3.63) is 85.1 Å². The molecule has 2 unspecified atom stereocenters. The Morgan fingerprint density at radius 2 is 2.02 bits per heavy atom. The average molecular weight is 601 g/mol. The third-order valence-corrected chi connectivity index (χ3v) is 9.18. The Labute approximate surface area is 254 Å². The minimum Gasteiger partial charge on any atom is -0.368 e. The van der Waals surface area contributed by atoms with Crippen LogP contribution in [-0.4, -0.2) is 33.7 Å². The molecule has 0 aliphatic heterocycles. The van der Waals surface area contributed by atoms with Gasteiger partial charge in [-0.1, -0.05) is 47.9 Å². The highest BCUT2D eigenvalue weighted by molar-refractivity contribution is 7.10. The molecule has 2 saturated carbocycles. The predicted molar refractivity (Wildman–Crippen MR) is 165 cm³/mol. The summed E-state index contributed by atoms with van der Waals surface area (Å²) < 4.78 is 0. The van der Waals surface area contributed by atoms with Gasteiger partial charge in [0.05, 0.1) is 11.6 Å². The number of nitrogens with zero attached hydrogens (tertiary/aromatic N) is 1. The Morgan fingerprint density at radius 3 is 2.74 bits per heavy atom. The maximum Gasteiger partial charge on any atom is 0.267 e. The summed E-state index contributed by atoms with van der Waals surface area (Å²) in [6.45, 7) is 3.21. The number of carbonyl (C=O) groups excluding carboxylic acids is 2. The summed E-state index contributed by atoms with van der Waals surface area (Å²) in [5.41, 5.74) is -0.178. The molecule has 9 heteroatoms. The van der Waals surface area contributed by atoms with Gasteiger partial charge in [0.25, 0.3) is 11.8 Å². The summed E-state index contributed by atoms with van der Waals surface area (Å²) in [7, 11) is 0. The van der Waals surface area contributed by atoms with Crippen molar-refractivity contribution in [3.8, 4) is 11.8 Å². The summed E-state index contributed by atoms with van der Waals surface area (Å²) in [6.07, 6.45) is 10.5. The number of amides is 2. The Bertz CT molecular complexity index is 1720. The maximum atomic E-state index is 13.6. The summed E-state index contributed by atoms with van der Waals surface area (Å²) in [4.78, 5) is 30.6. The fourth-order valence-corrected chi connectivity index (χ4v) is 6.33. The molecule has 2 aromatic carbocycles. The molecule has 3 atom stereocenters. The van der Waals surface area contributed by atoms with Gasteiger partial charge < -0.3 is 15.7 Å². The predicted octanol–water partition coefficient (Wildman–Crippen LogP) is 3.17. The Balaban J connectivity index is 1.11. The quantitative estimate of drug-likeness (QED) is 0.223. The van der Waals surface area contributed by atoms with Crippen LogP contribution in [0.1, 0.15) is 66.0 Å². The summed E-state index contributed by atoms with van der Waals surface area (Å²) in [6, 6.07) is 10.9. The number of thiazole rings is 1. The summed E-state index contributed by atoms with van der Waals surface area (Å²) in [5.74, 6) is 6.22. The summed E-state index contributed by atoms with van der Waals surface area (Å²) in [5, 5.41) is 25.1. The number of nitrogens with one attached hydrogen (secondary N) is 3. The molecule has 216 valence electrons. The standard InChI is InChI=1S/C33H33ClN4O3S/c1-20(7-10-29-35-13-14-42-29)37-32(2,41)31(40)36-19-22-5-3-4-6-26(22)30(39)38-33(11-12-33)25-16-24-15-23(21-8-9-21)17-27(24)28(34)18-25/h3-6,13-18,20-21,23,37,41H,8-9,11-12,19H2,1-2H3,(H,36,40)(H,38,39)/t20-,23?,32?/m0/s1. The van der Waals surface area contributed by atoms with Crippen molar-refractivity contribution in [2.45, 2.75) is 63.4 Å². The van der Waals surface area contributed by atoms with Gasteiger partial charge in [-0.3, -0.25) is 14.9 Å². The summed E-state index contributed by atoms with van der Waals surface area (Å²) >= 11 is 8.14. The zero-order chi connectivity index (χ0) is 29.5. The first-order valence-corrected chi connectivity index (χ1v) is 15.5. The SMILES string of the molecule is C[C@@H](C#Cc1nccs1)NC(C)(O)C(=O)NCc1ccccc1C(=O)NC1(c2cc(Cl)c3c(c2)=CC(C2CC2)C=3)CC1. The highest BCUT2D eigenvalue weighted by atomic mass is 35.5. The van der Waals surface area contributed by atoms with Crippen LogP contribution in [0.4, 0.5) is 0 Å². The van der Waals surface area contributed by atoms with Crippen LogP contribution >= 0.6 is 22.9 Å². The molecule has 7 nitrogen and oxygen atoms in total. The van der Waals surface area contributed by atoms with E-state index in [2.05, 4.69) is 51.0 Å². The number of halogens is 1. The average Bonchev–Trinajstić information content (AvgIpc) is 3.86. The maximum absolute atomic E-state index is 13.6. The first-order valence-electron chi connectivity index (χ1n) is 14.3. The van der Waals surface area contributed by atoms with Gasteiger partial charge in [0.15, 0.2) is 10.7 Å². The van der Waals surface area contributed by atoms with E-state index in [-0.39, 0.29) is 12.5 Å². The second-order valence-corrected chi connectivity index (χ2v) is 12.9. The zero-order valence-electron chi connectivity index (χ0n) is 23.5. The molecular weight excluding hydrogens is 568 g/mol. The lowest BCUT2D eigenvalue weighted by Crippen LogP contribution is -2.57. The molecular formula is C33H33ClN4O3S. The topological polar surface area (TPSA) is 103 Å². The molecule has 6 rings (SSSR count). The van der Waals surface area contributed by atoms with Crippen molar-refractivity contribution in [2.75, 3.05) is 0 Å². The number of aromatic nitrogens is 1. The highest BCUT2D eigenvalue weighted by Crippen LogP contribution is 2.46. The first kappa shape index (κ1) is 28.6. The Hall–Kier alpha value is -3.48. The fourth-order valence-electron chi connectivity index (χ4n) is 5.55. The number of hydrogen-bond acceptors (Lipinski definition) is 6. The van der Waals surface area contributed by atoms with Crippen LogP contribution in [0, 0.1) is 23.7 Å². The third-order valence-electron chi connectivity index (χ3n) is 8.18. The molecule has 4 N–H and O–H groups in total. The van der Waals surface area contributed by atoms with Crippen LogP contribution in [0.2, 0.25) is 5.02 Å². The molecule has 1 aromatic heterocycles. The third kappa shape index (κ3) is 6.16. The van der Waals surface area contributed by atoms with Gasteiger partial charge in [0, 0.05) is 28.7 Å². The number of hydrogen-bond donors (Lipinski definition) is 4. The van der Waals surface area contributed by atoms with Gasteiger partial charge in [0.1, 0.15) is 0 Å². The molecule has 0 saturated heterocycles. The zero-order valence-corrected chi connectivity index (χ0v) is 25.1.